The molecule has 2 atom stereocenters. The minimum atomic E-state index is -0.0729. The van der Waals surface area contributed by atoms with Crippen LogP contribution in [0.1, 0.15) is 11.6 Å². The van der Waals surface area contributed by atoms with Crippen molar-refractivity contribution in [1.82, 2.24) is 10.3 Å². The Balaban J connectivity index is 2.24. The van der Waals surface area contributed by atoms with Crippen LogP contribution in [-0.4, -0.2) is 38.0 Å². The summed E-state index contributed by atoms with van der Waals surface area (Å²) in [7, 11) is 1.85. The highest BCUT2D eigenvalue weighted by Crippen LogP contribution is 2.27. The van der Waals surface area contributed by atoms with Gasteiger partial charge in [-0.2, -0.15) is 0 Å². The highest BCUT2D eigenvalue weighted by molar-refractivity contribution is 6.30. The lowest BCUT2D eigenvalue weighted by Gasteiger charge is -2.30. The Hall–Kier alpha value is -0.880. The molecule has 2 rings (SSSR count). The number of hydrogen-bond donors (Lipinski definition) is 2. The fourth-order valence-electron chi connectivity index (χ4n) is 1.95. The molecule has 0 spiro atoms. The second-order valence-corrected chi connectivity index (χ2v) is 4.31. The summed E-state index contributed by atoms with van der Waals surface area (Å²) in [6.45, 7) is 1.77. The summed E-state index contributed by atoms with van der Waals surface area (Å²) in [5.74, 6) is 0.461. The van der Waals surface area contributed by atoms with Crippen molar-refractivity contribution in [2.45, 2.75) is 12.1 Å². The van der Waals surface area contributed by atoms with E-state index < -0.39 is 0 Å². The largest absolute Gasteiger partial charge is 0.383 e. The van der Waals surface area contributed by atoms with Crippen molar-refractivity contribution < 1.29 is 9.47 Å². The van der Waals surface area contributed by atoms with E-state index in [1.807, 2.05) is 13.1 Å². The van der Waals surface area contributed by atoms with Crippen LogP contribution < -0.4 is 11.1 Å². The van der Waals surface area contributed by atoms with Gasteiger partial charge in [-0.25, -0.2) is 4.98 Å². The van der Waals surface area contributed by atoms with Gasteiger partial charge in [-0.1, -0.05) is 11.6 Å². The molecule has 17 heavy (non-hydrogen) atoms. The van der Waals surface area contributed by atoms with Gasteiger partial charge in [0.25, 0.3) is 0 Å². The van der Waals surface area contributed by atoms with Crippen molar-refractivity contribution in [3.8, 4) is 0 Å². The number of pyridine rings is 1. The molecule has 0 radical (unpaired) electrons. The third-order valence-electron chi connectivity index (χ3n) is 2.78. The first-order valence-electron chi connectivity index (χ1n) is 5.50. The normalized spacial score (nSPS) is 22.4. The smallest absolute Gasteiger partial charge is 0.128 e. The number of nitrogens with zero attached hydrogens (tertiary/aromatic N) is 1. The molecule has 6 heteroatoms. The van der Waals surface area contributed by atoms with Gasteiger partial charge in [-0.3, -0.25) is 0 Å². The molecule has 2 unspecified atom stereocenters. The van der Waals surface area contributed by atoms with Crippen LogP contribution in [0.25, 0.3) is 0 Å². The van der Waals surface area contributed by atoms with E-state index in [1.165, 1.54) is 6.20 Å². The first-order valence-corrected chi connectivity index (χ1v) is 5.87. The fraction of sp³-hybridized carbons (Fsp3) is 0.545. The molecule has 94 valence electrons. The van der Waals surface area contributed by atoms with Gasteiger partial charge < -0.3 is 20.5 Å². The summed E-state index contributed by atoms with van der Waals surface area (Å²) in [5.41, 5.74) is 6.71. The van der Waals surface area contributed by atoms with E-state index in [1.54, 1.807) is 0 Å². The van der Waals surface area contributed by atoms with Crippen LogP contribution in [0, 0.1) is 0 Å². The Morgan fingerprint density at radius 3 is 3.06 bits per heavy atom. The Bertz CT molecular complexity index is 383. The van der Waals surface area contributed by atoms with Gasteiger partial charge in [-0.15, -0.1) is 0 Å². The van der Waals surface area contributed by atoms with Crippen molar-refractivity contribution in [2.24, 2.45) is 0 Å². The third kappa shape index (κ3) is 2.87. The summed E-state index contributed by atoms with van der Waals surface area (Å²) in [5, 5.41) is 3.73. The minimum absolute atomic E-state index is 0.0681. The van der Waals surface area contributed by atoms with E-state index in [9.17, 15) is 0 Å². The highest BCUT2D eigenvalue weighted by atomic mass is 35.5. The van der Waals surface area contributed by atoms with Crippen LogP contribution >= 0.6 is 11.6 Å². The van der Waals surface area contributed by atoms with Gasteiger partial charge in [0.1, 0.15) is 11.9 Å². The number of nitrogens with one attached hydrogen (secondary N) is 1. The van der Waals surface area contributed by atoms with Crippen LogP contribution in [0.3, 0.4) is 0 Å². The Kier molecular flexibility index (Phi) is 4.17. The lowest BCUT2D eigenvalue weighted by molar-refractivity contribution is -0.101. The molecule has 3 N–H and O–H groups in total. The summed E-state index contributed by atoms with van der Waals surface area (Å²) in [6.07, 6.45) is 1.46. The molecule has 0 saturated carbocycles. The second-order valence-electron chi connectivity index (χ2n) is 3.88. The molecule has 1 fully saturated rings. The standard InChI is InChI=1S/C11H16ClN3O2/c1-14-10(9-6-16-2-3-17-9)8-4-7(12)5-15-11(8)13/h4-5,9-10,14H,2-3,6H2,1H3,(H2,13,15). The molecular weight excluding hydrogens is 242 g/mol. The lowest BCUT2D eigenvalue weighted by Crippen LogP contribution is -2.39. The van der Waals surface area contributed by atoms with Crippen molar-refractivity contribution in [2.75, 3.05) is 32.6 Å². The monoisotopic (exact) mass is 257 g/mol. The zero-order valence-electron chi connectivity index (χ0n) is 9.65. The molecule has 1 aromatic heterocycles. The molecule has 0 aromatic carbocycles. The molecule has 0 amide bonds. The Labute approximate surface area is 105 Å². The Morgan fingerprint density at radius 1 is 1.59 bits per heavy atom. The molecule has 1 saturated heterocycles. The number of ether oxygens (including phenoxy) is 2. The highest BCUT2D eigenvalue weighted by Gasteiger charge is 2.27. The average Bonchev–Trinajstić information content (AvgIpc) is 2.36. The van der Waals surface area contributed by atoms with Crippen molar-refractivity contribution in [3.63, 3.8) is 0 Å². The molecule has 1 aromatic rings. The zero-order valence-corrected chi connectivity index (χ0v) is 10.4. The zero-order chi connectivity index (χ0) is 12.3. The number of rotatable bonds is 3. The van der Waals surface area contributed by atoms with Gasteiger partial charge in [0.2, 0.25) is 0 Å². The second kappa shape index (κ2) is 5.64. The summed E-state index contributed by atoms with van der Waals surface area (Å²) in [6, 6.07) is 1.74. The van der Waals surface area contributed by atoms with E-state index in [2.05, 4.69) is 10.3 Å². The van der Waals surface area contributed by atoms with E-state index in [4.69, 9.17) is 26.8 Å². The van der Waals surface area contributed by atoms with Crippen molar-refractivity contribution in [3.05, 3.63) is 22.8 Å². The van der Waals surface area contributed by atoms with Crippen molar-refractivity contribution in [1.29, 1.82) is 0 Å². The number of anilines is 1. The van der Waals surface area contributed by atoms with Gasteiger partial charge in [-0.05, 0) is 13.1 Å². The fourth-order valence-corrected chi connectivity index (χ4v) is 2.12. The van der Waals surface area contributed by atoms with Crippen LogP contribution in [0.2, 0.25) is 5.02 Å². The molecule has 1 aliphatic heterocycles. The van der Waals surface area contributed by atoms with Crippen LogP contribution in [0.4, 0.5) is 5.82 Å². The van der Waals surface area contributed by atoms with Gasteiger partial charge in [0.05, 0.1) is 30.9 Å². The van der Waals surface area contributed by atoms with Gasteiger partial charge >= 0.3 is 0 Å². The van der Waals surface area contributed by atoms with E-state index >= 15 is 0 Å². The molecule has 2 heterocycles. The quantitative estimate of drug-likeness (QED) is 0.845. The van der Waals surface area contributed by atoms with Crippen LogP contribution in [0.15, 0.2) is 12.3 Å². The predicted molar refractivity (Wildman–Crippen MR) is 66.0 cm³/mol. The number of nitrogen functional groups attached to an aromatic ring is 1. The lowest BCUT2D eigenvalue weighted by atomic mass is 10.0. The number of likely N-dealkylation sites (N-methyl/N-ethyl adjacent to an activating group) is 1. The molecule has 1 aliphatic rings. The number of aromatic nitrogens is 1. The van der Waals surface area contributed by atoms with E-state index in [-0.39, 0.29) is 12.1 Å². The Morgan fingerprint density at radius 2 is 2.41 bits per heavy atom. The maximum atomic E-state index is 5.94. The van der Waals surface area contributed by atoms with Crippen molar-refractivity contribution >= 4 is 17.4 Å². The maximum absolute atomic E-state index is 5.94. The average molecular weight is 258 g/mol. The predicted octanol–water partition coefficient (Wildman–Crippen LogP) is 0.993. The van der Waals surface area contributed by atoms with Crippen LogP contribution in [0.5, 0.6) is 0 Å². The van der Waals surface area contributed by atoms with Gasteiger partial charge in [0, 0.05) is 11.8 Å². The molecule has 0 aliphatic carbocycles. The maximum Gasteiger partial charge on any atom is 0.128 e. The van der Waals surface area contributed by atoms with Gasteiger partial charge in [0.15, 0.2) is 0 Å². The summed E-state index contributed by atoms with van der Waals surface area (Å²) >= 11 is 5.94. The topological polar surface area (TPSA) is 69.4 Å². The minimum Gasteiger partial charge on any atom is -0.383 e. The number of nitrogens with two attached hydrogens (primary N) is 1. The molecular formula is C11H16ClN3O2. The molecule has 0 bridgehead atoms. The summed E-state index contributed by atoms with van der Waals surface area (Å²) in [4.78, 5) is 4.05. The molecule has 5 nitrogen and oxygen atoms in total. The first kappa shape index (κ1) is 12.6. The van der Waals surface area contributed by atoms with Crippen LogP contribution in [-0.2, 0) is 9.47 Å². The summed E-state index contributed by atoms with van der Waals surface area (Å²) < 4.78 is 11.1. The number of halogens is 1. The van der Waals surface area contributed by atoms with E-state index in [0.29, 0.717) is 30.7 Å². The first-order chi connectivity index (χ1) is 8.22. The van der Waals surface area contributed by atoms with E-state index in [0.717, 1.165) is 5.56 Å². The SMILES string of the molecule is CNC(c1cc(Cl)cnc1N)C1COCCO1. The third-order valence-corrected chi connectivity index (χ3v) is 2.98. The number of hydrogen-bond acceptors (Lipinski definition) is 5.